The van der Waals surface area contributed by atoms with Gasteiger partial charge in [0.25, 0.3) is 5.91 Å². The molecule has 5 nitrogen and oxygen atoms in total. The number of methoxy groups -OCH3 is 1. The fraction of sp³-hybridized carbons (Fsp3) is 0.316. The van der Waals surface area contributed by atoms with E-state index in [0.717, 1.165) is 28.5 Å². The van der Waals surface area contributed by atoms with Crippen molar-refractivity contribution in [3.63, 3.8) is 0 Å². The lowest BCUT2D eigenvalue weighted by Crippen LogP contribution is -3.10. The van der Waals surface area contributed by atoms with Gasteiger partial charge < -0.3 is 19.7 Å². The van der Waals surface area contributed by atoms with Crippen molar-refractivity contribution >= 4 is 17.5 Å². The summed E-state index contributed by atoms with van der Waals surface area (Å²) in [6.07, 6.45) is 0. The van der Waals surface area contributed by atoms with Gasteiger partial charge in [0.2, 0.25) is 0 Å². The van der Waals surface area contributed by atoms with E-state index in [2.05, 4.69) is 5.32 Å². The predicted molar refractivity (Wildman–Crippen MR) is 98.4 cm³/mol. The van der Waals surface area contributed by atoms with E-state index in [9.17, 15) is 4.79 Å². The predicted octanol–water partition coefficient (Wildman–Crippen LogP) is 1.56. The van der Waals surface area contributed by atoms with Crippen LogP contribution in [-0.4, -0.2) is 39.8 Å². The first-order valence-corrected chi connectivity index (χ1v) is 8.54. The minimum atomic E-state index is -0.00472. The average molecular weight is 364 g/mol. The molecular formula is C19H24ClN2O3+. The smallest absolute Gasteiger partial charge is 0.275 e. The summed E-state index contributed by atoms with van der Waals surface area (Å²) in [6, 6.07) is 14.9. The van der Waals surface area contributed by atoms with Crippen LogP contribution in [0.3, 0.4) is 0 Å². The number of likely N-dealkylation sites (N-methyl/N-ethyl adjacent to an activating group) is 1. The van der Waals surface area contributed by atoms with E-state index in [1.54, 1.807) is 19.2 Å². The quantitative estimate of drug-likeness (QED) is 0.711. The standard InChI is InChI=1S/C19H23ClN2O3/c1-22(11-12-25-17-9-7-16(20)8-10-17)14-19(23)21-13-15-5-3-4-6-18(15)24-2/h3-10H,11-14H2,1-2H3,(H,21,23)/p+1. The molecule has 2 aromatic rings. The number of carbonyl (C=O) groups excluding carboxylic acids is 1. The van der Waals surface area contributed by atoms with Gasteiger partial charge in [0.1, 0.15) is 24.7 Å². The number of ether oxygens (including phenoxy) is 2. The summed E-state index contributed by atoms with van der Waals surface area (Å²) in [7, 11) is 3.59. The number of nitrogens with one attached hydrogen (secondary N) is 2. The van der Waals surface area contributed by atoms with Crippen LogP contribution in [0.1, 0.15) is 5.56 Å². The Labute approximate surface area is 153 Å². The molecule has 0 saturated carbocycles. The van der Waals surface area contributed by atoms with E-state index in [1.807, 2.05) is 43.4 Å². The highest BCUT2D eigenvalue weighted by Crippen LogP contribution is 2.16. The Kier molecular flexibility index (Phi) is 7.57. The maximum absolute atomic E-state index is 12.1. The topological polar surface area (TPSA) is 52.0 Å². The first kappa shape index (κ1) is 19.1. The maximum Gasteiger partial charge on any atom is 0.275 e. The molecule has 0 aliphatic rings. The molecule has 0 fully saturated rings. The van der Waals surface area contributed by atoms with Crippen molar-refractivity contribution in [2.24, 2.45) is 0 Å². The number of rotatable bonds is 9. The van der Waals surface area contributed by atoms with E-state index in [-0.39, 0.29) is 5.91 Å². The zero-order chi connectivity index (χ0) is 18.1. The minimum Gasteiger partial charge on any atom is -0.496 e. The number of quaternary nitrogens is 1. The zero-order valence-corrected chi connectivity index (χ0v) is 15.3. The van der Waals surface area contributed by atoms with E-state index in [4.69, 9.17) is 21.1 Å². The number of amides is 1. The van der Waals surface area contributed by atoms with Gasteiger partial charge in [0.05, 0.1) is 14.2 Å². The number of hydrogen-bond donors (Lipinski definition) is 2. The number of para-hydroxylation sites is 1. The monoisotopic (exact) mass is 363 g/mol. The van der Waals surface area contributed by atoms with Crippen LogP contribution in [0.4, 0.5) is 0 Å². The molecule has 0 spiro atoms. The highest BCUT2D eigenvalue weighted by molar-refractivity contribution is 6.30. The second-order valence-corrected chi connectivity index (χ2v) is 6.21. The lowest BCUT2D eigenvalue weighted by Gasteiger charge is -2.15. The lowest BCUT2D eigenvalue weighted by molar-refractivity contribution is -0.871. The van der Waals surface area contributed by atoms with Gasteiger partial charge in [-0.05, 0) is 30.3 Å². The van der Waals surface area contributed by atoms with Gasteiger partial charge in [-0.15, -0.1) is 0 Å². The lowest BCUT2D eigenvalue weighted by atomic mass is 10.2. The second kappa shape index (κ2) is 9.91. The molecule has 6 heteroatoms. The van der Waals surface area contributed by atoms with Crippen molar-refractivity contribution in [2.75, 3.05) is 33.9 Å². The van der Waals surface area contributed by atoms with Crippen LogP contribution in [0.15, 0.2) is 48.5 Å². The molecule has 1 amide bonds. The summed E-state index contributed by atoms with van der Waals surface area (Å²) in [5, 5.41) is 3.61. The van der Waals surface area contributed by atoms with Gasteiger partial charge in [-0.1, -0.05) is 29.8 Å². The first-order chi connectivity index (χ1) is 12.1. The van der Waals surface area contributed by atoms with Crippen LogP contribution in [-0.2, 0) is 11.3 Å². The summed E-state index contributed by atoms with van der Waals surface area (Å²) in [6.45, 7) is 2.11. The van der Waals surface area contributed by atoms with Crippen LogP contribution in [0.2, 0.25) is 5.02 Å². The van der Waals surface area contributed by atoms with Gasteiger partial charge in [0.15, 0.2) is 6.54 Å². The molecule has 134 valence electrons. The highest BCUT2D eigenvalue weighted by Gasteiger charge is 2.11. The third-order valence-corrected chi connectivity index (χ3v) is 3.99. The van der Waals surface area contributed by atoms with E-state index in [1.165, 1.54) is 0 Å². The third-order valence-electron chi connectivity index (χ3n) is 3.74. The normalized spacial score (nSPS) is 11.6. The molecule has 25 heavy (non-hydrogen) atoms. The van der Waals surface area contributed by atoms with E-state index in [0.29, 0.717) is 24.7 Å². The molecule has 0 aliphatic carbocycles. The zero-order valence-electron chi connectivity index (χ0n) is 14.5. The Morgan fingerprint density at radius 1 is 1.16 bits per heavy atom. The molecule has 2 aromatic carbocycles. The van der Waals surface area contributed by atoms with Gasteiger partial charge >= 0.3 is 0 Å². The highest BCUT2D eigenvalue weighted by atomic mass is 35.5. The molecule has 0 bridgehead atoms. The number of halogens is 1. The van der Waals surface area contributed by atoms with Crippen molar-refractivity contribution < 1.29 is 19.2 Å². The molecule has 2 rings (SSSR count). The summed E-state index contributed by atoms with van der Waals surface area (Å²) in [5.74, 6) is 1.55. The second-order valence-electron chi connectivity index (χ2n) is 5.77. The number of hydrogen-bond acceptors (Lipinski definition) is 3. The van der Waals surface area contributed by atoms with Crippen molar-refractivity contribution in [3.05, 3.63) is 59.1 Å². The summed E-state index contributed by atoms with van der Waals surface area (Å²) >= 11 is 5.83. The van der Waals surface area contributed by atoms with E-state index >= 15 is 0 Å². The van der Waals surface area contributed by atoms with E-state index < -0.39 is 0 Å². The Hall–Kier alpha value is -2.24. The number of benzene rings is 2. The van der Waals surface area contributed by atoms with Gasteiger partial charge in [-0.3, -0.25) is 4.79 Å². The van der Waals surface area contributed by atoms with Gasteiger partial charge in [0, 0.05) is 17.1 Å². The largest absolute Gasteiger partial charge is 0.496 e. The van der Waals surface area contributed by atoms with Crippen molar-refractivity contribution in [1.82, 2.24) is 5.32 Å². The molecule has 0 radical (unpaired) electrons. The molecular weight excluding hydrogens is 340 g/mol. The van der Waals surface area contributed by atoms with Crippen LogP contribution in [0.5, 0.6) is 11.5 Å². The molecule has 2 N–H and O–H groups in total. The SMILES string of the molecule is COc1ccccc1CNC(=O)C[NH+](C)CCOc1ccc(Cl)cc1. The molecule has 0 heterocycles. The molecule has 0 saturated heterocycles. The third kappa shape index (κ3) is 6.64. The van der Waals surface area contributed by atoms with Crippen molar-refractivity contribution in [2.45, 2.75) is 6.54 Å². The molecule has 1 atom stereocenters. The average Bonchev–Trinajstić information content (AvgIpc) is 2.62. The Balaban J connectivity index is 1.68. The van der Waals surface area contributed by atoms with Crippen LogP contribution < -0.4 is 19.7 Å². The van der Waals surface area contributed by atoms with Crippen LogP contribution >= 0.6 is 11.6 Å². The fourth-order valence-electron chi connectivity index (χ4n) is 2.34. The Morgan fingerprint density at radius 3 is 2.60 bits per heavy atom. The summed E-state index contributed by atoms with van der Waals surface area (Å²) in [5.41, 5.74) is 0.960. The molecule has 1 unspecified atom stereocenters. The number of carbonyl (C=O) groups is 1. The summed E-state index contributed by atoms with van der Waals surface area (Å²) in [4.78, 5) is 13.1. The van der Waals surface area contributed by atoms with Crippen molar-refractivity contribution in [1.29, 1.82) is 0 Å². The van der Waals surface area contributed by atoms with Crippen LogP contribution in [0, 0.1) is 0 Å². The van der Waals surface area contributed by atoms with Gasteiger partial charge in [-0.25, -0.2) is 0 Å². The molecule has 0 aliphatic heterocycles. The fourth-order valence-corrected chi connectivity index (χ4v) is 2.47. The van der Waals surface area contributed by atoms with Gasteiger partial charge in [-0.2, -0.15) is 0 Å². The minimum absolute atomic E-state index is 0.00472. The first-order valence-electron chi connectivity index (χ1n) is 8.16. The van der Waals surface area contributed by atoms with Crippen molar-refractivity contribution in [3.8, 4) is 11.5 Å². The Morgan fingerprint density at radius 2 is 1.88 bits per heavy atom. The summed E-state index contributed by atoms with van der Waals surface area (Å²) < 4.78 is 10.9. The maximum atomic E-state index is 12.1. The molecule has 0 aromatic heterocycles. The van der Waals surface area contributed by atoms with Crippen LogP contribution in [0.25, 0.3) is 0 Å². The Bertz CT molecular complexity index is 677.